The number of aryl methyl sites for hydroxylation is 1. The zero-order valence-electron chi connectivity index (χ0n) is 7.61. The Bertz CT molecular complexity index is 276. The lowest BCUT2D eigenvalue weighted by atomic mass is 10.2. The molecule has 0 radical (unpaired) electrons. The summed E-state index contributed by atoms with van der Waals surface area (Å²) >= 11 is 3.39. The fourth-order valence-corrected chi connectivity index (χ4v) is 1.44. The summed E-state index contributed by atoms with van der Waals surface area (Å²) in [7, 11) is 0. The minimum atomic E-state index is -0.264. The molecule has 0 aliphatic rings. The van der Waals surface area contributed by atoms with Crippen molar-refractivity contribution in [1.29, 1.82) is 0 Å². The maximum Gasteiger partial charge on any atom is 0.0911 e. The highest BCUT2D eigenvalue weighted by molar-refractivity contribution is 9.10. The molecule has 0 aromatic heterocycles. The van der Waals surface area contributed by atoms with Gasteiger partial charge in [-0.25, -0.2) is 0 Å². The van der Waals surface area contributed by atoms with Crippen LogP contribution in [0, 0.1) is 6.92 Å². The lowest BCUT2D eigenvalue weighted by Crippen LogP contribution is -2.03. The van der Waals surface area contributed by atoms with Crippen molar-refractivity contribution in [3.8, 4) is 0 Å². The van der Waals surface area contributed by atoms with Crippen LogP contribution in [0.15, 0.2) is 22.7 Å². The fraction of sp³-hybridized carbons (Fsp3) is 0.400. The Morgan fingerprint density at radius 2 is 2.23 bits per heavy atom. The van der Waals surface area contributed by atoms with Crippen molar-refractivity contribution in [2.24, 2.45) is 0 Å². The molecule has 0 aliphatic heterocycles. The molecule has 0 saturated heterocycles. The normalized spacial score (nSPS) is 10.1. The van der Waals surface area contributed by atoms with Crippen molar-refractivity contribution in [2.75, 3.05) is 18.5 Å². The summed E-state index contributed by atoms with van der Waals surface area (Å²) in [4.78, 5) is 0. The lowest BCUT2D eigenvalue weighted by molar-refractivity contribution is 0.481. The van der Waals surface area contributed by atoms with Gasteiger partial charge in [-0.05, 0) is 31.0 Å². The molecule has 0 atom stereocenters. The van der Waals surface area contributed by atoms with E-state index in [2.05, 4.69) is 21.2 Å². The topological polar surface area (TPSA) is 12.0 Å². The quantitative estimate of drug-likeness (QED) is 0.801. The molecular formula is C10H13BrFN. The van der Waals surface area contributed by atoms with Crippen molar-refractivity contribution in [2.45, 2.75) is 13.3 Å². The van der Waals surface area contributed by atoms with E-state index < -0.39 is 0 Å². The second-order valence-corrected chi connectivity index (χ2v) is 3.84. The summed E-state index contributed by atoms with van der Waals surface area (Å²) in [6.07, 6.45) is 0.561. The highest BCUT2D eigenvalue weighted by atomic mass is 79.9. The van der Waals surface area contributed by atoms with Gasteiger partial charge < -0.3 is 5.32 Å². The van der Waals surface area contributed by atoms with Gasteiger partial charge in [0, 0.05) is 16.7 Å². The molecule has 0 bridgehead atoms. The first-order valence-electron chi connectivity index (χ1n) is 4.30. The van der Waals surface area contributed by atoms with Crippen molar-refractivity contribution in [3.05, 3.63) is 28.2 Å². The van der Waals surface area contributed by atoms with Crippen LogP contribution in [0.2, 0.25) is 0 Å². The smallest absolute Gasteiger partial charge is 0.0911 e. The van der Waals surface area contributed by atoms with Gasteiger partial charge in [-0.3, -0.25) is 4.39 Å². The molecule has 13 heavy (non-hydrogen) atoms. The molecule has 0 spiro atoms. The molecule has 1 N–H and O–H groups in total. The van der Waals surface area contributed by atoms with Crippen LogP contribution < -0.4 is 5.32 Å². The van der Waals surface area contributed by atoms with Crippen LogP contribution in [-0.4, -0.2) is 13.2 Å². The van der Waals surface area contributed by atoms with Gasteiger partial charge in [0.15, 0.2) is 0 Å². The van der Waals surface area contributed by atoms with Crippen molar-refractivity contribution >= 4 is 21.6 Å². The van der Waals surface area contributed by atoms with Crippen LogP contribution in [0.5, 0.6) is 0 Å². The number of alkyl halides is 1. The summed E-state index contributed by atoms with van der Waals surface area (Å²) < 4.78 is 12.9. The molecule has 0 amide bonds. The highest BCUT2D eigenvalue weighted by Crippen LogP contribution is 2.20. The van der Waals surface area contributed by atoms with Gasteiger partial charge in [0.2, 0.25) is 0 Å². The third kappa shape index (κ3) is 3.35. The van der Waals surface area contributed by atoms with Crippen molar-refractivity contribution in [3.63, 3.8) is 0 Å². The first-order valence-corrected chi connectivity index (χ1v) is 5.09. The number of hydrogen-bond acceptors (Lipinski definition) is 1. The highest BCUT2D eigenvalue weighted by Gasteiger charge is 1.97. The van der Waals surface area contributed by atoms with E-state index in [1.165, 1.54) is 5.56 Å². The third-order valence-electron chi connectivity index (χ3n) is 1.83. The van der Waals surface area contributed by atoms with E-state index in [1.54, 1.807) is 0 Å². The van der Waals surface area contributed by atoms with E-state index in [-0.39, 0.29) is 6.67 Å². The maximum atomic E-state index is 11.8. The third-order valence-corrected chi connectivity index (χ3v) is 2.32. The predicted molar refractivity (Wildman–Crippen MR) is 58.0 cm³/mol. The van der Waals surface area contributed by atoms with Crippen LogP contribution in [0.3, 0.4) is 0 Å². The first kappa shape index (κ1) is 10.5. The molecule has 0 heterocycles. The largest absolute Gasteiger partial charge is 0.385 e. The summed E-state index contributed by atoms with van der Waals surface area (Å²) in [5, 5.41) is 3.18. The molecule has 1 rings (SSSR count). The Morgan fingerprint density at radius 3 is 2.92 bits per heavy atom. The molecule has 1 aromatic carbocycles. The molecule has 0 aliphatic carbocycles. The van der Waals surface area contributed by atoms with Crippen molar-refractivity contribution < 1.29 is 4.39 Å². The molecule has 3 heteroatoms. The summed E-state index contributed by atoms with van der Waals surface area (Å²) in [5.41, 5.74) is 2.25. The number of hydrogen-bond donors (Lipinski definition) is 1. The van der Waals surface area contributed by atoms with Gasteiger partial charge in [0.1, 0.15) is 0 Å². The maximum absolute atomic E-state index is 11.8. The van der Waals surface area contributed by atoms with Gasteiger partial charge in [0.25, 0.3) is 0 Å². The number of anilines is 1. The number of nitrogens with one attached hydrogen (secondary N) is 1. The Balaban J connectivity index is 2.59. The lowest BCUT2D eigenvalue weighted by Gasteiger charge is -2.08. The molecule has 0 saturated carbocycles. The molecule has 1 aromatic rings. The van der Waals surface area contributed by atoms with Gasteiger partial charge in [-0.2, -0.15) is 0 Å². The van der Waals surface area contributed by atoms with Gasteiger partial charge in [0.05, 0.1) is 6.67 Å². The number of benzene rings is 1. The summed E-state index contributed by atoms with van der Waals surface area (Å²) in [6, 6.07) is 6.03. The molecule has 0 fully saturated rings. The average molecular weight is 246 g/mol. The second-order valence-electron chi connectivity index (χ2n) is 2.93. The van der Waals surface area contributed by atoms with E-state index in [0.717, 1.165) is 10.2 Å². The monoisotopic (exact) mass is 245 g/mol. The molecular weight excluding hydrogens is 233 g/mol. The van der Waals surface area contributed by atoms with Crippen molar-refractivity contribution in [1.82, 2.24) is 0 Å². The Hall–Kier alpha value is -0.570. The summed E-state index contributed by atoms with van der Waals surface area (Å²) in [5.74, 6) is 0. The zero-order chi connectivity index (χ0) is 9.68. The Morgan fingerprint density at radius 1 is 1.46 bits per heavy atom. The van der Waals surface area contributed by atoms with E-state index in [4.69, 9.17) is 0 Å². The minimum absolute atomic E-state index is 0.264. The number of rotatable bonds is 4. The SMILES string of the molecule is Cc1ccc(Br)cc1NCCCF. The van der Waals surface area contributed by atoms with Gasteiger partial charge in [-0.15, -0.1) is 0 Å². The minimum Gasteiger partial charge on any atom is -0.385 e. The predicted octanol–water partition coefficient (Wildman–Crippen LogP) is 3.53. The average Bonchev–Trinajstić information content (AvgIpc) is 2.11. The number of halogens is 2. The van der Waals surface area contributed by atoms with Crippen LogP contribution >= 0.6 is 15.9 Å². The zero-order valence-corrected chi connectivity index (χ0v) is 9.20. The van der Waals surface area contributed by atoms with E-state index in [9.17, 15) is 4.39 Å². The Labute approximate surface area is 86.5 Å². The molecule has 1 nitrogen and oxygen atoms in total. The fourth-order valence-electron chi connectivity index (χ4n) is 1.07. The van der Waals surface area contributed by atoms with E-state index in [0.29, 0.717) is 13.0 Å². The van der Waals surface area contributed by atoms with E-state index in [1.807, 2.05) is 25.1 Å². The molecule has 0 unspecified atom stereocenters. The second kappa shape index (κ2) is 5.22. The van der Waals surface area contributed by atoms with Crippen LogP contribution in [-0.2, 0) is 0 Å². The summed E-state index contributed by atoms with van der Waals surface area (Å²) in [6.45, 7) is 2.46. The standard InChI is InChI=1S/C10H13BrFN/c1-8-3-4-9(11)7-10(8)13-6-2-5-12/h3-4,7,13H,2,5-6H2,1H3. The van der Waals surface area contributed by atoms with Crippen LogP contribution in [0.4, 0.5) is 10.1 Å². The first-order chi connectivity index (χ1) is 6.24. The van der Waals surface area contributed by atoms with Gasteiger partial charge in [-0.1, -0.05) is 22.0 Å². The van der Waals surface area contributed by atoms with Crippen LogP contribution in [0.25, 0.3) is 0 Å². The van der Waals surface area contributed by atoms with Crippen LogP contribution in [0.1, 0.15) is 12.0 Å². The Kier molecular flexibility index (Phi) is 4.22. The molecule has 72 valence electrons. The van der Waals surface area contributed by atoms with E-state index >= 15 is 0 Å². The van der Waals surface area contributed by atoms with Gasteiger partial charge >= 0.3 is 0 Å².